The number of rotatable bonds is 4. The van der Waals surface area contributed by atoms with Gasteiger partial charge in [0.15, 0.2) is 0 Å². The Balaban J connectivity index is 2.16. The van der Waals surface area contributed by atoms with Crippen LogP contribution in [0.2, 0.25) is 0 Å². The molecule has 21 heavy (non-hydrogen) atoms. The number of nitrogens with two attached hydrogens (primary N) is 1. The standard InChI is InChI=1S/C14H20Br2N2O2S/c1-2-9-3-5-11(6-4-9)18-21(19,20)14-12(16)7-10(15)8-13(14)17/h7-9,11,18H,2-6,17H2,1H3. The predicted octanol–water partition coefficient (Wildman–Crippen LogP) is 4.04. The normalized spacial score (nSPS) is 23.2. The molecule has 0 bridgehead atoms. The third-order valence-electron chi connectivity index (χ3n) is 4.05. The SMILES string of the molecule is CCC1CCC(NS(=O)(=O)c2c(N)cc(Br)cc2Br)CC1. The van der Waals surface area contributed by atoms with Gasteiger partial charge in [0.05, 0.1) is 5.69 Å². The monoisotopic (exact) mass is 438 g/mol. The van der Waals surface area contributed by atoms with Crippen molar-refractivity contribution in [2.75, 3.05) is 5.73 Å². The van der Waals surface area contributed by atoms with Crippen LogP contribution in [-0.4, -0.2) is 14.5 Å². The zero-order chi connectivity index (χ0) is 15.6. The Morgan fingerprint density at radius 2 is 1.86 bits per heavy atom. The summed E-state index contributed by atoms with van der Waals surface area (Å²) >= 11 is 6.59. The lowest BCUT2D eigenvalue weighted by molar-refractivity contribution is 0.306. The summed E-state index contributed by atoms with van der Waals surface area (Å²) in [4.78, 5) is 0.128. The van der Waals surface area contributed by atoms with E-state index >= 15 is 0 Å². The highest BCUT2D eigenvalue weighted by atomic mass is 79.9. The quantitative estimate of drug-likeness (QED) is 0.695. The van der Waals surface area contributed by atoms with E-state index in [9.17, 15) is 8.42 Å². The first-order valence-electron chi connectivity index (χ1n) is 7.10. The molecule has 118 valence electrons. The highest BCUT2D eigenvalue weighted by molar-refractivity contribution is 9.11. The maximum atomic E-state index is 12.6. The predicted molar refractivity (Wildman–Crippen MR) is 92.6 cm³/mol. The molecule has 3 N–H and O–H groups in total. The topological polar surface area (TPSA) is 72.2 Å². The van der Waals surface area contributed by atoms with Crippen LogP contribution in [0.25, 0.3) is 0 Å². The van der Waals surface area contributed by atoms with E-state index in [1.807, 2.05) is 0 Å². The summed E-state index contributed by atoms with van der Waals surface area (Å²) in [5, 5.41) is 0. The number of hydrogen-bond donors (Lipinski definition) is 2. The van der Waals surface area contributed by atoms with Gasteiger partial charge < -0.3 is 5.73 Å². The lowest BCUT2D eigenvalue weighted by Crippen LogP contribution is -2.38. The van der Waals surface area contributed by atoms with E-state index in [1.54, 1.807) is 12.1 Å². The van der Waals surface area contributed by atoms with E-state index in [0.29, 0.717) is 4.47 Å². The minimum atomic E-state index is -3.60. The second-order valence-corrected chi connectivity index (χ2v) is 8.97. The van der Waals surface area contributed by atoms with Gasteiger partial charge in [0.25, 0.3) is 0 Å². The second-order valence-electron chi connectivity index (χ2n) is 5.55. The van der Waals surface area contributed by atoms with Crippen LogP contribution in [0, 0.1) is 5.92 Å². The summed E-state index contributed by atoms with van der Waals surface area (Å²) in [5.41, 5.74) is 6.12. The van der Waals surface area contributed by atoms with Crippen molar-refractivity contribution in [1.29, 1.82) is 0 Å². The van der Waals surface area contributed by atoms with E-state index in [-0.39, 0.29) is 16.6 Å². The third-order valence-corrected chi connectivity index (χ3v) is 7.03. The molecule has 0 aromatic heterocycles. The zero-order valence-corrected chi connectivity index (χ0v) is 15.9. The van der Waals surface area contributed by atoms with Crippen molar-refractivity contribution in [1.82, 2.24) is 4.72 Å². The van der Waals surface area contributed by atoms with Crippen molar-refractivity contribution in [3.05, 3.63) is 21.1 Å². The molecule has 7 heteroatoms. The van der Waals surface area contributed by atoms with Crippen molar-refractivity contribution in [3.8, 4) is 0 Å². The van der Waals surface area contributed by atoms with E-state index < -0.39 is 10.0 Å². The van der Waals surface area contributed by atoms with Crippen LogP contribution in [0.1, 0.15) is 39.0 Å². The van der Waals surface area contributed by atoms with Gasteiger partial charge in [0.1, 0.15) is 4.90 Å². The maximum absolute atomic E-state index is 12.6. The highest BCUT2D eigenvalue weighted by Gasteiger charge is 2.27. The Labute approximate surface area is 143 Å². The third kappa shape index (κ3) is 4.21. The van der Waals surface area contributed by atoms with Gasteiger partial charge in [0.2, 0.25) is 10.0 Å². The van der Waals surface area contributed by atoms with Crippen LogP contribution in [0.15, 0.2) is 26.0 Å². The number of halogens is 2. The molecule has 0 saturated heterocycles. The van der Waals surface area contributed by atoms with Crippen molar-refractivity contribution in [2.45, 2.75) is 50.0 Å². The Morgan fingerprint density at radius 1 is 1.24 bits per heavy atom. The molecule has 0 heterocycles. The molecule has 0 spiro atoms. The molecule has 0 unspecified atom stereocenters. The average molecular weight is 440 g/mol. The molecule has 1 aromatic carbocycles. The summed E-state index contributed by atoms with van der Waals surface area (Å²) < 4.78 is 29.2. The number of hydrogen-bond acceptors (Lipinski definition) is 3. The lowest BCUT2D eigenvalue weighted by Gasteiger charge is -2.28. The van der Waals surface area contributed by atoms with Gasteiger partial charge in [-0.15, -0.1) is 0 Å². The molecule has 1 aliphatic carbocycles. The zero-order valence-electron chi connectivity index (χ0n) is 11.9. The number of nitrogens with one attached hydrogen (secondary N) is 1. The van der Waals surface area contributed by atoms with Gasteiger partial charge in [-0.3, -0.25) is 0 Å². The molecule has 1 fully saturated rings. The lowest BCUT2D eigenvalue weighted by atomic mass is 9.85. The smallest absolute Gasteiger partial charge is 0.243 e. The van der Waals surface area contributed by atoms with E-state index in [4.69, 9.17) is 5.73 Å². The van der Waals surface area contributed by atoms with Gasteiger partial charge in [-0.05, 0) is 59.7 Å². The fourth-order valence-electron chi connectivity index (χ4n) is 2.83. The molecular formula is C14H20Br2N2O2S. The van der Waals surface area contributed by atoms with Gasteiger partial charge in [0, 0.05) is 15.0 Å². The molecule has 1 saturated carbocycles. The van der Waals surface area contributed by atoms with Crippen molar-refractivity contribution >= 4 is 47.6 Å². The molecule has 0 aliphatic heterocycles. The number of nitrogen functional groups attached to an aromatic ring is 1. The minimum Gasteiger partial charge on any atom is -0.398 e. The van der Waals surface area contributed by atoms with Gasteiger partial charge >= 0.3 is 0 Å². The van der Waals surface area contributed by atoms with Crippen LogP contribution < -0.4 is 10.5 Å². The largest absolute Gasteiger partial charge is 0.398 e. The number of benzene rings is 1. The molecule has 4 nitrogen and oxygen atoms in total. The molecule has 0 amide bonds. The molecule has 0 atom stereocenters. The fourth-order valence-corrected chi connectivity index (χ4v) is 6.21. The Kier molecular flexibility index (Phi) is 5.73. The number of anilines is 1. The van der Waals surface area contributed by atoms with Crippen LogP contribution in [0.5, 0.6) is 0 Å². The Bertz CT molecular complexity index is 588. The molecule has 1 aliphatic rings. The Morgan fingerprint density at radius 3 is 2.38 bits per heavy atom. The summed E-state index contributed by atoms with van der Waals surface area (Å²) in [6.45, 7) is 2.19. The van der Waals surface area contributed by atoms with Gasteiger partial charge in [-0.1, -0.05) is 29.3 Å². The summed E-state index contributed by atoms with van der Waals surface area (Å²) in [5.74, 6) is 0.732. The van der Waals surface area contributed by atoms with Crippen molar-refractivity contribution < 1.29 is 8.42 Å². The molecule has 0 radical (unpaired) electrons. The first kappa shape index (κ1) is 17.2. The fraction of sp³-hybridized carbons (Fsp3) is 0.571. The first-order chi connectivity index (χ1) is 9.83. The second kappa shape index (κ2) is 6.98. The summed E-state index contributed by atoms with van der Waals surface area (Å²) in [6, 6.07) is 3.31. The summed E-state index contributed by atoms with van der Waals surface area (Å²) in [7, 11) is -3.60. The van der Waals surface area contributed by atoms with Crippen LogP contribution in [-0.2, 0) is 10.0 Å². The van der Waals surface area contributed by atoms with E-state index in [2.05, 4.69) is 43.5 Å². The number of sulfonamides is 1. The van der Waals surface area contributed by atoms with E-state index in [0.717, 1.165) is 36.1 Å². The average Bonchev–Trinajstić information content (AvgIpc) is 2.37. The van der Waals surface area contributed by atoms with E-state index in [1.165, 1.54) is 6.42 Å². The molecule has 2 rings (SSSR count). The van der Waals surface area contributed by atoms with Crippen LogP contribution >= 0.6 is 31.9 Å². The minimum absolute atomic E-state index is 0.00717. The van der Waals surface area contributed by atoms with Gasteiger partial charge in [-0.2, -0.15) is 0 Å². The van der Waals surface area contributed by atoms with Crippen molar-refractivity contribution in [2.24, 2.45) is 5.92 Å². The molecular weight excluding hydrogens is 420 g/mol. The first-order valence-corrected chi connectivity index (χ1v) is 10.2. The maximum Gasteiger partial charge on any atom is 0.243 e. The molecule has 1 aromatic rings. The van der Waals surface area contributed by atoms with Crippen LogP contribution in [0.4, 0.5) is 5.69 Å². The summed E-state index contributed by atoms with van der Waals surface area (Å²) in [6.07, 6.45) is 5.13. The van der Waals surface area contributed by atoms with Gasteiger partial charge in [-0.25, -0.2) is 13.1 Å². The van der Waals surface area contributed by atoms with Crippen molar-refractivity contribution in [3.63, 3.8) is 0 Å². The van der Waals surface area contributed by atoms with Crippen LogP contribution in [0.3, 0.4) is 0 Å². The highest BCUT2D eigenvalue weighted by Crippen LogP contribution is 2.33. The Hall–Kier alpha value is -0.110.